The Morgan fingerprint density at radius 1 is 1.02 bits per heavy atom. The van der Waals surface area contributed by atoms with E-state index in [1.807, 2.05) is 26.8 Å². The fourth-order valence-electron chi connectivity index (χ4n) is 9.88. The van der Waals surface area contributed by atoms with Crippen molar-refractivity contribution in [1.29, 1.82) is 0 Å². The summed E-state index contributed by atoms with van der Waals surface area (Å²) in [5, 5.41) is 42.1. The van der Waals surface area contributed by atoms with Gasteiger partial charge in [0.15, 0.2) is 11.6 Å². The first-order valence-electron chi connectivity index (χ1n) is 20.2. The van der Waals surface area contributed by atoms with Gasteiger partial charge in [-0.3, -0.25) is 4.79 Å². The third-order valence-electron chi connectivity index (χ3n) is 13.8. The topological polar surface area (TPSA) is 183 Å². The maximum absolute atomic E-state index is 14.3. The average Bonchev–Trinajstić information content (AvgIpc) is 3.65. The molecule has 1 aromatic rings. The van der Waals surface area contributed by atoms with Crippen LogP contribution in [0.2, 0.25) is 0 Å². The SMILES string of the molecule is CC[C@@H](C(=O)[C@@H](C)[C@@H](O)[C@H](C)CCc1ccc(C)c(O)c1C(=O)O)[C@H]1O[C@]2(C=CC[C@@]3(O[C@](CC)([C@H]4CC[C@@](C)([C@@H](C)O)O4)C[C@H]3C)O2)[C@H](C)C[C@@H]1C.O. The summed E-state index contributed by atoms with van der Waals surface area (Å²) in [5.41, 5.74) is -0.311. The number of carbonyl (C=O) groups excluding carboxylic acids is 1. The first kappa shape index (κ1) is 44.3. The maximum atomic E-state index is 14.3. The third kappa shape index (κ3) is 7.93. The zero-order chi connectivity index (χ0) is 39.3. The Morgan fingerprint density at radius 3 is 2.30 bits per heavy atom. The maximum Gasteiger partial charge on any atom is 0.339 e. The van der Waals surface area contributed by atoms with E-state index in [2.05, 4.69) is 33.8 Å². The molecule has 0 radical (unpaired) electrons. The van der Waals surface area contributed by atoms with Crippen molar-refractivity contribution >= 4 is 11.8 Å². The molecule has 0 aliphatic carbocycles. The van der Waals surface area contributed by atoms with Crippen LogP contribution in [-0.4, -0.2) is 84.8 Å². The molecule has 0 saturated carbocycles. The number of Topliss-reactive ketones (excluding diaryl/α,β-unsaturated/α-hetero) is 1. The van der Waals surface area contributed by atoms with Gasteiger partial charge in [-0.2, -0.15) is 0 Å². The minimum absolute atomic E-state index is 0. The molecule has 54 heavy (non-hydrogen) atoms. The fourth-order valence-corrected chi connectivity index (χ4v) is 9.88. The number of aromatic hydroxyl groups is 1. The molecule has 6 N–H and O–H groups in total. The van der Waals surface area contributed by atoms with Gasteiger partial charge in [0.25, 0.3) is 0 Å². The van der Waals surface area contributed by atoms with Crippen LogP contribution in [0, 0.1) is 42.4 Å². The van der Waals surface area contributed by atoms with E-state index < -0.39 is 58.9 Å². The molecule has 0 unspecified atom stereocenters. The van der Waals surface area contributed by atoms with Crippen LogP contribution in [0.1, 0.15) is 135 Å². The number of benzene rings is 1. The Hall–Kier alpha value is -2.38. The number of ether oxygens (including phenoxy) is 4. The van der Waals surface area contributed by atoms with E-state index in [4.69, 9.17) is 18.9 Å². The van der Waals surface area contributed by atoms with E-state index in [1.165, 1.54) is 0 Å². The molecule has 2 spiro atoms. The van der Waals surface area contributed by atoms with Crippen molar-refractivity contribution in [3.05, 3.63) is 41.0 Å². The molecule has 5 rings (SSSR count). The van der Waals surface area contributed by atoms with Crippen LogP contribution in [0.15, 0.2) is 24.3 Å². The number of aryl methyl sites for hydroxylation is 2. The Labute approximate surface area is 322 Å². The second-order valence-electron chi connectivity index (χ2n) is 17.5. The van der Waals surface area contributed by atoms with Crippen molar-refractivity contribution < 1.29 is 54.4 Å². The van der Waals surface area contributed by atoms with Crippen molar-refractivity contribution in [2.45, 2.75) is 174 Å². The molecular weight excluding hydrogens is 692 g/mol. The lowest BCUT2D eigenvalue weighted by Crippen LogP contribution is -2.60. The highest BCUT2D eigenvalue weighted by Gasteiger charge is 2.64. The number of rotatable bonds is 13. The van der Waals surface area contributed by atoms with Gasteiger partial charge in [-0.25, -0.2) is 4.79 Å². The van der Waals surface area contributed by atoms with E-state index >= 15 is 0 Å². The van der Waals surface area contributed by atoms with Crippen molar-refractivity contribution in [2.24, 2.45) is 35.5 Å². The summed E-state index contributed by atoms with van der Waals surface area (Å²) < 4.78 is 27.9. The number of carboxylic acid groups (broad SMARTS) is 1. The van der Waals surface area contributed by atoms with Gasteiger partial charge in [-0.05, 0) is 101 Å². The first-order valence-corrected chi connectivity index (χ1v) is 20.2. The van der Waals surface area contributed by atoms with Crippen LogP contribution in [0.3, 0.4) is 0 Å². The lowest BCUT2D eigenvalue weighted by Gasteiger charge is -2.54. The van der Waals surface area contributed by atoms with Gasteiger partial charge < -0.3 is 44.8 Å². The molecule has 11 nitrogen and oxygen atoms in total. The highest BCUT2D eigenvalue weighted by molar-refractivity contribution is 5.93. The number of aromatic carboxylic acids is 1. The van der Waals surface area contributed by atoms with Gasteiger partial charge in [0.05, 0.1) is 35.6 Å². The standard InChI is InChI=1S/C43H66O10.H2O/c1-11-32(37(47)29(8)35(45)24(3)14-16-31-17-15-25(4)36(46)34(31)39(48)49)38-26(5)22-27(6)42(51-38)19-13-20-43(53-42)28(7)23-41(12-2,52-43)33-18-21-40(10,50-33)30(9)44;/h13,15,17,19,24,26-30,32-33,35,38,44-46H,11-12,14,16,18,20-23H2,1-10H3,(H,48,49);1H2/t24-,26+,27-,28-,29+,30-,32+,33-,35+,38+,40+,41+,42+,43-;/m1./s1. The predicted molar refractivity (Wildman–Crippen MR) is 205 cm³/mol. The molecule has 1 aromatic carbocycles. The molecule has 306 valence electrons. The quantitative estimate of drug-likeness (QED) is 0.158. The number of phenols is 1. The molecule has 4 aliphatic rings. The van der Waals surface area contributed by atoms with Crippen LogP contribution in [0.4, 0.5) is 0 Å². The van der Waals surface area contributed by atoms with Gasteiger partial charge >= 0.3 is 5.97 Å². The van der Waals surface area contributed by atoms with Crippen molar-refractivity contribution in [2.75, 3.05) is 0 Å². The number of aliphatic hydroxyl groups excluding tert-OH is 2. The number of carbonyl (C=O) groups is 2. The Morgan fingerprint density at radius 2 is 1.70 bits per heavy atom. The molecular formula is C43H68O11. The Bertz CT molecular complexity index is 1530. The number of ketones is 1. The van der Waals surface area contributed by atoms with Crippen molar-refractivity contribution in [1.82, 2.24) is 0 Å². The van der Waals surface area contributed by atoms with E-state index in [-0.39, 0.29) is 52.3 Å². The Balaban J connectivity index is 0.00000650. The summed E-state index contributed by atoms with van der Waals surface area (Å²) in [6.07, 6.45) is 7.71. The van der Waals surface area contributed by atoms with Gasteiger partial charge in [0.1, 0.15) is 17.1 Å². The van der Waals surface area contributed by atoms with Gasteiger partial charge in [-0.15, -0.1) is 0 Å². The minimum Gasteiger partial charge on any atom is -0.507 e. The normalized spacial score (nSPS) is 37.8. The summed E-state index contributed by atoms with van der Waals surface area (Å²) in [6, 6.07) is 3.40. The van der Waals surface area contributed by atoms with Crippen LogP contribution in [-0.2, 0) is 30.2 Å². The average molecular weight is 761 g/mol. The van der Waals surface area contributed by atoms with E-state index in [0.717, 1.165) is 32.1 Å². The molecule has 0 amide bonds. The molecule has 4 heterocycles. The van der Waals surface area contributed by atoms with Gasteiger partial charge in [0, 0.05) is 30.1 Å². The predicted octanol–water partition coefficient (Wildman–Crippen LogP) is 6.69. The molecule has 3 saturated heterocycles. The largest absolute Gasteiger partial charge is 0.507 e. The molecule has 4 aliphatic heterocycles. The highest BCUT2D eigenvalue weighted by atomic mass is 16.8. The minimum atomic E-state index is -1.19. The summed E-state index contributed by atoms with van der Waals surface area (Å²) in [6.45, 7) is 19.6. The smallest absolute Gasteiger partial charge is 0.339 e. The molecule has 0 aromatic heterocycles. The van der Waals surface area contributed by atoms with Gasteiger partial charge in [-0.1, -0.05) is 66.7 Å². The Kier molecular flexibility index (Phi) is 13.6. The summed E-state index contributed by atoms with van der Waals surface area (Å²) in [7, 11) is 0. The fraction of sp³-hybridized carbons (Fsp3) is 0.767. The van der Waals surface area contributed by atoms with Crippen molar-refractivity contribution in [3.8, 4) is 5.75 Å². The van der Waals surface area contributed by atoms with E-state index in [9.17, 15) is 30.0 Å². The lowest BCUT2D eigenvalue weighted by molar-refractivity contribution is -0.400. The number of aliphatic hydroxyl groups is 2. The molecule has 11 heteroatoms. The summed E-state index contributed by atoms with van der Waals surface area (Å²) in [5.74, 6) is -4.89. The summed E-state index contributed by atoms with van der Waals surface area (Å²) in [4.78, 5) is 26.2. The molecule has 3 fully saturated rings. The highest BCUT2D eigenvalue weighted by Crippen LogP contribution is 2.57. The summed E-state index contributed by atoms with van der Waals surface area (Å²) >= 11 is 0. The second-order valence-corrected chi connectivity index (χ2v) is 17.5. The lowest BCUT2D eigenvalue weighted by atomic mass is 9.73. The third-order valence-corrected chi connectivity index (χ3v) is 13.8. The van der Waals surface area contributed by atoms with E-state index in [0.29, 0.717) is 36.8 Å². The monoisotopic (exact) mass is 760 g/mol. The van der Waals surface area contributed by atoms with E-state index in [1.54, 1.807) is 32.9 Å². The number of hydrogen-bond acceptors (Lipinski definition) is 9. The van der Waals surface area contributed by atoms with Crippen LogP contribution in [0.25, 0.3) is 0 Å². The second kappa shape index (κ2) is 16.6. The first-order chi connectivity index (χ1) is 24.8. The van der Waals surface area contributed by atoms with Crippen LogP contribution in [0.5, 0.6) is 5.75 Å². The number of hydrogen-bond donors (Lipinski definition) is 4. The van der Waals surface area contributed by atoms with Crippen LogP contribution >= 0.6 is 0 Å². The van der Waals surface area contributed by atoms with Gasteiger partial charge in [0.2, 0.25) is 0 Å². The zero-order valence-corrected chi connectivity index (χ0v) is 34.2. The molecule has 14 atom stereocenters. The van der Waals surface area contributed by atoms with Crippen LogP contribution < -0.4 is 0 Å². The molecule has 0 bridgehead atoms. The van der Waals surface area contributed by atoms with Crippen molar-refractivity contribution in [3.63, 3.8) is 0 Å². The zero-order valence-electron chi connectivity index (χ0n) is 34.2. The number of carboxylic acids is 1.